The Balaban J connectivity index is 1.58. The number of hydrogen-bond donors (Lipinski definition) is 1. The van der Waals surface area contributed by atoms with Crippen LogP contribution in [0.15, 0.2) is 47.4 Å². The molecule has 1 aromatic heterocycles. The first-order valence-electron chi connectivity index (χ1n) is 12.7. The van der Waals surface area contributed by atoms with Gasteiger partial charge in [-0.3, -0.25) is 19.3 Å². The molecule has 4 aliphatic rings. The molecule has 5 heterocycles. The Bertz CT molecular complexity index is 1670. The van der Waals surface area contributed by atoms with Gasteiger partial charge in [0.05, 0.1) is 30.4 Å². The minimum absolute atomic E-state index is 0.0294. The lowest BCUT2D eigenvalue weighted by molar-refractivity contribution is -0.0196. The average molecular weight is 551 g/mol. The van der Waals surface area contributed by atoms with Crippen LogP contribution in [0.4, 0.5) is 14.5 Å². The van der Waals surface area contributed by atoms with Crippen LogP contribution >= 0.6 is 12.2 Å². The average Bonchev–Trinajstić information content (AvgIpc) is 3.03. The summed E-state index contributed by atoms with van der Waals surface area (Å²) in [4.78, 5) is 30.0. The van der Waals surface area contributed by atoms with Gasteiger partial charge in [-0.1, -0.05) is 36.5 Å². The fraction of sp³-hybridized carbons (Fsp3) is 0.321. The molecule has 11 heteroatoms. The zero-order valence-corrected chi connectivity index (χ0v) is 22.0. The number of carbonyl (C=O) groups excluding carboxylic acids is 1. The number of thiocarbonyl (C=S) groups is 1. The summed E-state index contributed by atoms with van der Waals surface area (Å²) in [5.41, 5.74) is 1.76. The Labute approximate surface area is 227 Å². The summed E-state index contributed by atoms with van der Waals surface area (Å²) >= 11 is 5.89. The molecular weight excluding hydrogens is 526 g/mol. The SMILES string of the molecule is CC1(C)C(=S)N2Cc3c(ccc(F)c3F)[C@H](N3[C@@H]4COCCN4C(=O)c4c(O)c(=O)ccn43)c3cccc1c32. The minimum atomic E-state index is -0.971. The van der Waals surface area contributed by atoms with Gasteiger partial charge in [-0.25, -0.2) is 8.78 Å². The minimum Gasteiger partial charge on any atom is -0.502 e. The number of aromatic hydroxyl groups is 1. The number of aromatic nitrogens is 1. The van der Waals surface area contributed by atoms with E-state index in [0.717, 1.165) is 22.9 Å². The van der Waals surface area contributed by atoms with Crippen molar-refractivity contribution in [2.45, 2.75) is 38.0 Å². The summed E-state index contributed by atoms with van der Waals surface area (Å²) in [5.74, 6) is -3.11. The molecule has 0 spiro atoms. The van der Waals surface area contributed by atoms with Gasteiger partial charge in [-0.05, 0) is 31.0 Å². The van der Waals surface area contributed by atoms with Crippen LogP contribution in [0, 0.1) is 11.6 Å². The summed E-state index contributed by atoms with van der Waals surface area (Å²) in [6, 6.07) is 8.90. The molecule has 1 amide bonds. The first-order chi connectivity index (χ1) is 18.6. The number of benzene rings is 2. The Kier molecular flexibility index (Phi) is 5.03. The highest BCUT2D eigenvalue weighted by Gasteiger charge is 2.50. The number of pyridine rings is 1. The fourth-order valence-corrected chi connectivity index (χ4v) is 6.72. The van der Waals surface area contributed by atoms with Gasteiger partial charge in [0.2, 0.25) is 5.43 Å². The van der Waals surface area contributed by atoms with E-state index >= 15 is 4.39 Å². The maximum atomic E-state index is 15.6. The molecule has 200 valence electrons. The van der Waals surface area contributed by atoms with Crippen LogP contribution in [-0.4, -0.2) is 51.5 Å². The van der Waals surface area contributed by atoms with E-state index in [4.69, 9.17) is 17.0 Å². The lowest BCUT2D eigenvalue weighted by Crippen LogP contribution is -2.66. The molecule has 0 radical (unpaired) electrons. The van der Waals surface area contributed by atoms with Gasteiger partial charge < -0.3 is 19.6 Å². The van der Waals surface area contributed by atoms with Crippen LogP contribution in [-0.2, 0) is 16.7 Å². The Morgan fingerprint density at radius 1 is 1.10 bits per heavy atom. The van der Waals surface area contributed by atoms with E-state index in [0.29, 0.717) is 10.6 Å². The van der Waals surface area contributed by atoms with E-state index in [1.54, 1.807) is 11.0 Å². The quantitative estimate of drug-likeness (QED) is 0.466. The third kappa shape index (κ3) is 3.08. The molecule has 1 saturated heterocycles. The zero-order chi connectivity index (χ0) is 27.4. The Hall–Kier alpha value is -3.83. The van der Waals surface area contributed by atoms with Crippen LogP contribution in [0.2, 0.25) is 0 Å². The number of carbonyl (C=O) groups is 1. The van der Waals surface area contributed by atoms with Gasteiger partial charge in [-0.15, -0.1) is 0 Å². The molecule has 0 bridgehead atoms. The lowest BCUT2D eigenvalue weighted by Gasteiger charge is -2.51. The first kappa shape index (κ1) is 24.2. The Morgan fingerprint density at radius 3 is 2.69 bits per heavy atom. The first-order valence-corrected chi connectivity index (χ1v) is 13.1. The number of para-hydroxylation sites is 1. The second-order valence-corrected chi connectivity index (χ2v) is 11.1. The molecule has 8 nitrogen and oxygen atoms in total. The molecule has 4 aliphatic heterocycles. The number of halogens is 2. The van der Waals surface area contributed by atoms with Crippen LogP contribution in [0.1, 0.15) is 52.6 Å². The number of hydrogen-bond acceptors (Lipinski definition) is 6. The number of amides is 1. The number of ether oxygens (including phenoxy) is 1. The maximum absolute atomic E-state index is 15.6. The fourth-order valence-electron chi connectivity index (χ4n) is 6.46. The van der Waals surface area contributed by atoms with E-state index in [-0.39, 0.29) is 37.6 Å². The van der Waals surface area contributed by atoms with Crippen molar-refractivity contribution in [2.24, 2.45) is 0 Å². The Morgan fingerprint density at radius 2 is 1.90 bits per heavy atom. The number of morpholine rings is 1. The van der Waals surface area contributed by atoms with Crippen molar-refractivity contribution in [1.82, 2.24) is 9.58 Å². The highest BCUT2D eigenvalue weighted by Crippen LogP contribution is 2.52. The van der Waals surface area contributed by atoms with Crippen molar-refractivity contribution in [3.63, 3.8) is 0 Å². The van der Waals surface area contributed by atoms with Gasteiger partial charge >= 0.3 is 0 Å². The zero-order valence-electron chi connectivity index (χ0n) is 21.1. The van der Waals surface area contributed by atoms with Crippen molar-refractivity contribution in [2.75, 3.05) is 29.7 Å². The lowest BCUT2D eigenvalue weighted by atomic mass is 9.84. The van der Waals surface area contributed by atoms with E-state index in [1.165, 1.54) is 16.9 Å². The monoisotopic (exact) mass is 550 g/mol. The topological polar surface area (TPSA) is 78.2 Å². The molecule has 0 unspecified atom stereocenters. The van der Waals surface area contributed by atoms with E-state index < -0.39 is 46.3 Å². The van der Waals surface area contributed by atoms with E-state index in [2.05, 4.69) is 0 Å². The van der Waals surface area contributed by atoms with Gasteiger partial charge in [0.25, 0.3) is 5.91 Å². The van der Waals surface area contributed by atoms with Crippen molar-refractivity contribution in [1.29, 1.82) is 0 Å². The molecule has 0 saturated carbocycles. The van der Waals surface area contributed by atoms with Gasteiger partial charge in [0.1, 0.15) is 12.2 Å². The second-order valence-electron chi connectivity index (χ2n) is 10.7. The third-order valence-corrected chi connectivity index (χ3v) is 9.10. The van der Waals surface area contributed by atoms with Crippen LogP contribution in [0.25, 0.3) is 0 Å². The van der Waals surface area contributed by atoms with E-state index in [9.17, 15) is 19.1 Å². The predicted molar refractivity (Wildman–Crippen MR) is 143 cm³/mol. The summed E-state index contributed by atoms with van der Waals surface area (Å²) < 4.78 is 37.6. The molecule has 7 rings (SSSR count). The summed E-state index contributed by atoms with van der Waals surface area (Å²) in [5, 5.41) is 12.6. The molecule has 1 fully saturated rings. The molecular formula is C28H24F2N4O4S. The highest BCUT2D eigenvalue weighted by molar-refractivity contribution is 7.80. The van der Waals surface area contributed by atoms with Gasteiger partial charge in [0.15, 0.2) is 23.1 Å². The standard InChI is InChI=1S/C28H24F2N4O4S/c1-28(2)17-5-3-4-15-22(14-6-7-18(29)21(30)16(14)12-32(23(15)17)27(28)39)34-20-13-38-11-10-31(20)26(37)24-25(36)19(35)8-9-33(24)34/h3-9,20,22,36H,10-13H2,1-2H3/t20-,22+/m1/s1. The van der Waals surface area contributed by atoms with Crippen molar-refractivity contribution in [3.8, 4) is 5.75 Å². The van der Waals surface area contributed by atoms with Crippen LogP contribution in [0.3, 0.4) is 0 Å². The maximum Gasteiger partial charge on any atom is 0.278 e. The largest absolute Gasteiger partial charge is 0.502 e. The number of rotatable bonds is 1. The molecule has 1 N–H and O–H groups in total. The van der Waals surface area contributed by atoms with Crippen LogP contribution in [0.5, 0.6) is 5.75 Å². The summed E-state index contributed by atoms with van der Waals surface area (Å²) in [7, 11) is 0. The molecule has 2 aromatic carbocycles. The summed E-state index contributed by atoms with van der Waals surface area (Å²) in [6.45, 7) is 4.69. The van der Waals surface area contributed by atoms with Gasteiger partial charge in [0, 0.05) is 35.3 Å². The molecule has 39 heavy (non-hydrogen) atoms. The predicted octanol–water partition coefficient (Wildman–Crippen LogP) is 3.31. The molecule has 3 aromatic rings. The normalized spacial score (nSPS) is 22.7. The number of anilines is 1. The smallest absolute Gasteiger partial charge is 0.278 e. The van der Waals surface area contributed by atoms with Crippen molar-refractivity contribution in [3.05, 3.63) is 92.4 Å². The third-order valence-electron chi connectivity index (χ3n) is 8.37. The molecule has 0 aliphatic carbocycles. The number of fused-ring (bicyclic) bond motifs is 3. The summed E-state index contributed by atoms with van der Waals surface area (Å²) in [6.07, 6.45) is 0.775. The van der Waals surface area contributed by atoms with Crippen molar-refractivity contribution >= 4 is 28.8 Å². The molecule has 2 atom stereocenters. The van der Waals surface area contributed by atoms with Gasteiger partial charge in [-0.2, -0.15) is 0 Å². The van der Waals surface area contributed by atoms with Crippen LogP contribution < -0.4 is 15.3 Å². The highest BCUT2D eigenvalue weighted by atomic mass is 32.1. The van der Waals surface area contributed by atoms with E-state index in [1.807, 2.05) is 42.0 Å². The van der Waals surface area contributed by atoms with Crippen molar-refractivity contribution < 1.29 is 23.4 Å². The second kappa shape index (κ2) is 8.09. The number of nitrogens with zero attached hydrogens (tertiary/aromatic N) is 4.